The fourth-order valence-corrected chi connectivity index (χ4v) is 1.05. The lowest BCUT2D eigenvalue weighted by atomic mass is 10.4. The second kappa shape index (κ2) is 2.13. The quantitative estimate of drug-likeness (QED) is 0.528. The van der Waals surface area contributed by atoms with Gasteiger partial charge in [-0.25, -0.2) is 5.01 Å². The Morgan fingerprint density at radius 1 is 1.73 bits per heavy atom. The molecule has 0 saturated heterocycles. The number of hydrogen-bond acceptors (Lipinski definition) is 4. The van der Waals surface area contributed by atoms with Gasteiger partial charge in [0.25, 0.3) is 0 Å². The van der Waals surface area contributed by atoms with E-state index in [1.807, 2.05) is 18.2 Å². The minimum Gasteiger partial charge on any atom is -0.351 e. The average Bonchev–Trinajstić information content (AvgIpc) is 2.46. The van der Waals surface area contributed by atoms with Crippen molar-refractivity contribution in [1.82, 2.24) is 10.3 Å². The highest BCUT2D eigenvalue weighted by molar-refractivity contribution is 5.72. The Kier molecular flexibility index (Phi) is 1.16. The van der Waals surface area contributed by atoms with Crippen LogP contribution in [0, 0.1) is 11.3 Å². The molecule has 1 atom stereocenters. The Bertz CT molecular complexity index is 294. The third-order valence-corrected chi connectivity index (χ3v) is 1.55. The van der Waals surface area contributed by atoms with Gasteiger partial charge in [-0.2, -0.15) is 10.4 Å². The molecular weight excluding hydrogens is 140 g/mol. The van der Waals surface area contributed by atoms with E-state index in [1.165, 1.54) is 0 Å². The number of hydrogen-bond donors (Lipinski definition) is 1. The molecule has 0 spiro atoms. The summed E-state index contributed by atoms with van der Waals surface area (Å²) >= 11 is 0. The van der Waals surface area contributed by atoms with Crippen molar-refractivity contribution < 1.29 is 0 Å². The topological polar surface area (TPSA) is 51.4 Å². The molecule has 2 heterocycles. The summed E-state index contributed by atoms with van der Waals surface area (Å²) in [5.41, 5.74) is 0.554. The van der Waals surface area contributed by atoms with Crippen LogP contribution >= 0.6 is 0 Å². The van der Waals surface area contributed by atoms with E-state index >= 15 is 0 Å². The molecular formula is C7H6N4. The zero-order valence-corrected chi connectivity index (χ0v) is 5.73. The Hall–Kier alpha value is -1.76. The summed E-state index contributed by atoms with van der Waals surface area (Å²) in [5, 5.41) is 17.2. The van der Waals surface area contributed by atoms with Crippen LogP contribution in [-0.2, 0) is 0 Å². The molecule has 1 unspecified atom stereocenters. The molecule has 0 saturated carbocycles. The molecule has 1 N–H and O–H groups in total. The smallest absolute Gasteiger partial charge is 0.140 e. The lowest BCUT2D eigenvalue weighted by Crippen LogP contribution is -2.32. The monoisotopic (exact) mass is 146 g/mol. The summed E-state index contributed by atoms with van der Waals surface area (Å²) in [6, 6.07) is 2.02. The van der Waals surface area contributed by atoms with E-state index in [0.29, 0.717) is 5.70 Å². The molecule has 4 heteroatoms. The molecule has 0 amide bonds. The molecule has 0 fully saturated rings. The highest BCUT2D eigenvalue weighted by Gasteiger charge is 2.21. The van der Waals surface area contributed by atoms with Crippen molar-refractivity contribution in [2.75, 3.05) is 0 Å². The lowest BCUT2D eigenvalue weighted by molar-refractivity contribution is 0.340. The Morgan fingerprint density at radius 3 is 3.36 bits per heavy atom. The standard InChI is InChI=1S/C7H6N4/c8-4-6-5-11-7(10-6)2-1-3-9-11/h1-3,5,7,10H. The van der Waals surface area contributed by atoms with Crippen LogP contribution in [0.5, 0.6) is 0 Å². The van der Waals surface area contributed by atoms with Gasteiger partial charge in [-0.05, 0) is 12.2 Å². The molecule has 0 aliphatic carbocycles. The number of rotatable bonds is 0. The van der Waals surface area contributed by atoms with Gasteiger partial charge in [-0.1, -0.05) is 0 Å². The average molecular weight is 146 g/mol. The van der Waals surface area contributed by atoms with E-state index < -0.39 is 0 Å². The molecule has 0 aromatic heterocycles. The van der Waals surface area contributed by atoms with Gasteiger partial charge in [-0.15, -0.1) is 0 Å². The number of nitrogens with zero attached hydrogens (tertiary/aromatic N) is 3. The van der Waals surface area contributed by atoms with Crippen molar-refractivity contribution in [2.45, 2.75) is 6.17 Å². The van der Waals surface area contributed by atoms with Gasteiger partial charge in [0, 0.05) is 6.21 Å². The molecule has 2 aliphatic rings. The van der Waals surface area contributed by atoms with Crippen molar-refractivity contribution in [1.29, 1.82) is 5.26 Å². The Morgan fingerprint density at radius 2 is 2.64 bits per heavy atom. The first kappa shape index (κ1) is 5.98. The molecule has 2 aliphatic heterocycles. The fourth-order valence-electron chi connectivity index (χ4n) is 1.05. The van der Waals surface area contributed by atoms with E-state index in [1.54, 1.807) is 17.4 Å². The molecule has 0 bridgehead atoms. The van der Waals surface area contributed by atoms with Crippen LogP contribution in [0.1, 0.15) is 0 Å². The molecule has 54 valence electrons. The maximum Gasteiger partial charge on any atom is 0.140 e. The third kappa shape index (κ3) is 0.867. The lowest BCUT2D eigenvalue weighted by Gasteiger charge is -2.18. The van der Waals surface area contributed by atoms with Crippen LogP contribution in [0.2, 0.25) is 0 Å². The molecule has 0 aromatic carbocycles. The van der Waals surface area contributed by atoms with Crippen LogP contribution in [0.25, 0.3) is 0 Å². The summed E-state index contributed by atoms with van der Waals surface area (Å²) in [4.78, 5) is 0. The number of nitrogens with one attached hydrogen (secondary N) is 1. The maximum atomic E-state index is 8.53. The van der Waals surface area contributed by atoms with Gasteiger partial charge in [-0.3, -0.25) is 0 Å². The molecule has 11 heavy (non-hydrogen) atoms. The highest BCUT2D eigenvalue weighted by atomic mass is 15.5. The molecule has 2 rings (SSSR count). The first-order valence-corrected chi connectivity index (χ1v) is 3.28. The largest absolute Gasteiger partial charge is 0.351 e. The van der Waals surface area contributed by atoms with Crippen molar-refractivity contribution in [3.63, 3.8) is 0 Å². The van der Waals surface area contributed by atoms with Gasteiger partial charge < -0.3 is 5.32 Å². The minimum atomic E-state index is 0.0367. The zero-order chi connectivity index (χ0) is 7.68. The maximum absolute atomic E-state index is 8.53. The van der Waals surface area contributed by atoms with Crippen molar-refractivity contribution >= 4 is 6.21 Å². The Labute approximate surface area is 64.1 Å². The predicted octanol–water partition coefficient (Wildman–Crippen LogP) is 0.138. The van der Waals surface area contributed by atoms with E-state index in [4.69, 9.17) is 5.26 Å². The number of nitriles is 1. The number of allylic oxidation sites excluding steroid dienone is 2. The van der Waals surface area contributed by atoms with Crippen LogP contribution in [0.4, 0.5) is 0 Å². The molecule has 0 aromatic rings. The van der Waals surface area contributed by atoms with Gasteiger partial charge in [0.15, 0.2) is 0 Å². The summed E-state index contributed by atoms with van der Waals surface area (Å²) in [7, 11) is 0. The second-order valence-electron chi connectivity index (χ2n) is 2.27. The van der Waals surface area contributed by atoms with Gasteiger partial charge in [0.2, 0.25) is 0 Å². The summed E-state index contributed by atoms with van der Waals surface area (Å²) < 4.78 is 0. The SMILES string of the molecule is N#CC1=CN2N=CC=CC2N1. The number of hydrazone groups is 1. The second-order valence-corrected chi connectivity index (χ2v) is 2.27. The van der Waals surface area contributed by atoms with E-state index in [9.17, 15) is 0 Å². The summed E-state index contributed by atoms with van der Waals surface area (Å²) in [6.45, 7) is 0. The normalized spacial score (nSPS) is 25.5. The van der Waals surface area contributed by atoms with Gasteiger partial charge in [0.05, 0.1) is 6.20 Å². The minimum absolute atomic E-state index is 0.0367. The van der Waals surface area contributed by atoms with Crippen LogP contribution in [0.3, 0.4) is 0 Å². The number of fused-ring (bicyclic) bond motifs is 1. The van der Waals surface area contributed by atoms with Gasteiger partial charge in [0.1, 0.15) is 17.9 Å². The van der Waals surface area contributed by atoms with Crippen molar-refractivity contribution in [3.8, 4) is 6.07 Å². The van der Waals surface area contributed by atoms with Crippen molar-refractivity contribution in [3.05, 3.63) is 24.0 Å². The van der Waals surface area contributed by atoms with Crippen LogP contribution in [-0.4, -0.2) is 17.4 Å². The molecule has 4 nitrogen and oxygen atoms in total. The first-order valence-electron chi connectivity index (χ1n) is 3.28. The zero-order valence-electron chi connectivity index (χ0n) is 5.73. The first-order chi connectivity index (χ1) is 5.40. The summed E-state index contributed by atoms with van der Waals surface area (Å²) in [5.74, 6) is 0. The van der Waals surface area contributed by atoms with Crippen LogP contribution in [0.15, 0.2) is 29.2 Å². The molecule has 0 radical (unpaired) electrons. The van der Waals surface area contributed by atoms with E-state index in [2.05, 4.69) is 10.4 Å². The van der Waals surface area contributed by atoms with Crippen molar-refractivity contribution in [2.24, 2.45) is 5.10 Å². The Balaban J connectivity index is 2.24. The predicted molar refractivity (Wildman–Crippen MR) is 40.1 cm³/mol. The van der Waals surface area contributed by atoms with E-state index in [0.717, 1.165) is 0 Å². The summed E-state index contributed by atoms with van der Waals surface area (Å²) in [6.07, 6.45) is 7.20. The highest BCUT2D eigenvalue weighted by Crippen LogP contribution is 2.13. The van der Waals surface area contributed by atoms with E-state index in [-0.39, 0.29) is 6.17 Å². The van der Waals surface area contributed by atoms with Gasteiger partial charge >= 0.3 is 0 Å². The third-order valence-electron chi connectivity index (χ3n) is 1.55. The fraction of sp³-hybridized carbons (Fsp3) is 0.143. The van der Waals surface area contributed by atoms with Crippen LogP contribution < -0.4 is 5.32 Å².